The SMILES string of the molecule is COC(=O)[C@H](CO)NC(=O)Cn1c[n+](Cc2ccccc2)c2ccccc21. The van der Waals surface area contributed by atoms with E-state index in [1.165, 1.54) is 7.11 Å². The molecule has 3 rings (SSSR count). The lowest BCUT2D eigenvalue weighted by Crippen LogP contribution is -2.45. The number of nitrogens with zero attached hydrogens (tertiary/aromatic N) is 2. The molecule has 0 aliphatic rings. The zero-order valence-corrected chi connectivity index (χ0v) is 15.0. The van der Waals surface area contributed by atoms with Crippen LogP contribution in [0.25, 0.3) is 11.0 Å². The van der Waals surface area contributed by atoms with Crippen LogP contribution in [0.4, 0.5) is 0 Å². The predicted molar refractivity (Wildman–Crippen MR) is 98.7 cm³/mol. The second kappa shape index (κ2) is 8.46. The maximum atomic E-state index is 12.4. The number of hydrogen-bond donors (Lipinski definition) is 2. The standard InChI is InChI=1S/C20H21N3O4/c1-27-20(26)16(13-24)21-19(25)12-23-14-22(11-15-7-3-2-4-8-15)17-9-5-6-10-18(17)23/h2-10,14,16,24H,11-13H2,1H3/p+1/t16-/m0/s1. The van der Waals surface area contributed by atoms with Crippen molar-refractivity contribution in [2.75, 3.05) is 13.7 Å². The fourth-order valence-electron chi connectivity index (χ4n) is 2.99. The number of ether oxygens (including phenoxy) is 1. The fourth-order valence-corrected chi connectivity index (χ4v) is 2.99. The minimum Gasteiger partial charge on any atom is -0.467 e. The molecule has 27 heavy (non-hydrogen) atoms. The molecule has 0 bridgehead atoms. The number of hydrogen-bond acceptors (Lipinski definition) is 4. The van der Waals surface area contributed by atoms with E-state index in [2.05, 4.69) is 14.6 Å². The van der Waals surface area contributed by atoms with Gasteiger partial charge in [0.1, 0.15) is 6.54 Å². The van der Waals surface area contributed by atoms with Gasteiger partial charge in [-0.2, -0.15) is 0 Å². The zero-order chi connectivity index (χ0) is 19.2. The van der Waals surface area contributed by atoms with Crippen molar-refractivity contribution in [3.63, 3.8) is 0 Å². The number of carbonyl (C=O) groups excluding carboxylic acids is 2. The van der Waals surface area contributed by atoms with Crippen molar-refractivity contribution in [2.24, 2.45) is 0 Å². The third-order valence-electron chi connectivity index (χ3n) is 4.29. The number of methoxy groups -OCH3 is 1. The van der Waals surface area contributed by atoms with E-state index < -0.39 is 18.6 Å². The number of aliphatic hydroxyl groups is 1. The number of amides is 1. The van der Waals surface area contributed by atoms with Gasteiger partial charge in [-0.05, 0) is 17.7 Å². The van der Waals surface area contributed by atoms with E-state index in [1.807, 2.05) is 65.5 Å². The summed E-state index contributed by atoms with van der Waals surface area (Å²) in [5.41, 5.74) is 3.06. The van der Waals surface area contributed by atoms with Gasteiger partial charge < -0.3 is 15.2 Å². The van der Waals surface area contributed by atoms with Gasteiger partial charge in [-0.15, -0.1) is 0 Å². The molecule has 0 spiro atoms. The van der Waals surface area contributed by atoms with Crippen LogP contribution in [0.15, 0.2) is 60.9 Å². The molecule has 2 N–H and O–H groups in total. The summed E-state index contributed by atoms with van der Waals surface area (Å²) in [6, 6.07) is 16.8. The van der Waals surface area contributed by atoms with Crippen LogP contribution in [-0.4, -0.2) is 41.3 Å². The first kappa shape index (κ1) is 18.6. The smallest absolute Gasteiger partial charge is 0.330 e. The number of imidazole rings is 1. The molecular formula is C20H22N3O4+. The first-order valence-electron chi connectivity index (χ1n) is 8.61. The molecule has 1 heterocycles. The van der Waals surface area contributed by atoms with Crippen LogP contribution in [0, 0.1) is 0 Å². The molecule has 7 heteroatoms. The summed E-state index contributed by atoms with van der Waals surface area (Å²) >= 11 is 0. The Bertz CT molecular complexity index is 937. The van der Waals surface area contributed by atoms with E-state index in [0.717, 1.165) is 16.6 Å². The van der Waals surface area contributed by atoms with Crippen molar-refractivity contribution in [1.82, 2.24) is 9.88 Å². The molecule has 7 nitrogen and oxygen atoms in total. The number of aromatic nitrogens is 2. The van der Waals surface area contributed by atoms with Gasteiger partial charge in [0.25, 0.3) is 5.91 Å². The Labute approximate surface area is 156 Å². The molecule has 0 aliphatic heterocycles. The highest BCUT2D eigenvalue weighted by atomic mass is 16.5. The number of esters is 1. The molecule has 0 radical (unpaired) electrons. The van der Waals surface area contributed by atoms with Crippen LogP contribution >= 0.6 is 0 Å². The summed E-state index contributed by atoms with van der Waals surface area (Å²) in [5, 5.41) is 11.8. The lowest BCUT2D eigenvalue weighted by atomic mass is 10.2. The monoisotopic (exact) mass is 368 g/mol. The number of carbonyl (C=O) groups is 2. The highest BCUT2D eigenvalue weighted by Gasteiger charge is 2.23. The summed E-state index contributed by atoms with van der Waals surface area (Å²) < 4.78 is 8.46. The minimum absolute atomic E-state index is 0.0236. The average molecular weight is 368 g/mol. The molecule has 140 valence electrons. The number of nitrogens with one attached hydrogen (secondary N) is 1. The van der Waals surface area contributed by atoms with Crippen molar-refractivity contribution in [1.29, 1.82) is 0 Å². The maximum absolute atomic E-state index is 12.4. The van der Waals surface area contributed by atoms with Crippen LogP contribution in [-0.2, 0) is 27.4 Å². The molecule has 0 saturated heterocycles. The van der Waals surface area contributed by atoms with E-state index in [0.29, 0.717) is 6.54 Å². The first-order valence-corrected chi connectivity index (χ1v) is 8.61. The average Bonchev–Trinajstić information content (AvgIpc) is 3.03. The highest BCUT2D eigenvalue weighted by Crippen LogP contribution is 2.12. The van der Waals surface area contributed by atoms with Crippen molar-refractivity contribution in [3.05, 3.63) is 66.5 Å². The number of aliphatic hydroxyl groups excluding tert-OH is 1. The van der Waals surface area contributed by atoms with Crippen molar-refractivity contribution in [2.45, 2.75) is 19.1 Å². The summed E-state index contributed by atoms with van der Waals surface area (Å²) in [5.74, 6) is -1.06. The Morgan fingerprint density at radius 2 is 1.85 bits per heavy atom. The van der Waals surface area contributed by atoms with Gasteiger partial charge in [-0.25, -0.2) is 13.9 Å². The minimum atomic E-state index is -1.07. The molecule has 1 amide bonds. The summed E-state index contributed by atoms with van der Waals surface area (Å²) in [7, 11) is 1.21. The van der Waals surface area contributed by atoms with Gasteiger partial charge >= 0.3 is 5.97 Å². The van der Waals surface area contributed by atoms with E-state index in [1.54, 1.807) is 0 Å². The summed E-state index contributed by atoms with van der Waals surface area (Å²) in [6.07, 6.45) is 1.88. The largest absolute Gasteiger partial charge is 0.467 e. The third kappa shape index (κ3) is 4.32. The van der Waals surface area contributed by atoms with E-state index >= 15 is 0 Å². The summed E-state index contributed by atoms with van der Waals surface area (Å²) in [6.45, 7) is 0.187. The number of benzene rings is 2. The first-order chi connectivity index (χ1) is 13.1. The van der Waals surface area contributed by atoms with E-state index in [4.69, 9.17) is 0 Å². The van der Waals surface area contributed by atoms with E-state index in [-0.39, 0.29) is 12.5 Å². The molecule has 3 aromatic rings. The Kier molecular flexibility index (Phi) is 5.83. The Hall–Kier alpha value is -3.19. The van der Waals surface area contributed by atoms with Gasteiger partial charge in [-0.3, -0.25) is 4.79 Å². The van der Waals surface area contributed by atoms with Crippen molar-refractivity contribution in [3.8, 4) is 0 Å². The lowest BCUT2D eigenvalue weighted by molar-refractivity contribution is -0.663. The molecule has 1 atom stereocenters. The molecule has 0 aliphatic carbocycles. The van der Waals surface area contributed by atoms with Gasteiger partial charge in [0.2, 0.25) is 6.33 Å². The molecule has 1 aromatic heterocycles. The number of fused-ring (bicyclic) bond motifs is 1. The highest BCUT2D eigenvalue weighted by molar-refractivity contribution is 5.85. The zero-order valence-electron chi connectivity index (χ0n) is 15.0. The van der Waals surface area contributed by atoms with Gasteiger partial charge in [0.05, 0.1) is 13.7 Å². The summed E-state index contributed by atoms with van der Waals surface area (Å²) in [4.78, 5) is 23.9. The van der Waals surface area contributed by atoms with Crippen LogP contribution in [0.2, 0.25) is 0 Å². The van der Waals surface area contributed by atoms with Gasteiger partial charge in [0.15, 0.2) is 23.6 Å². The van der Waals surface area contributed by atoms with Crippen LogP contribution in [0.5, 0.6) is 0 Å². The Morgan fingerprint density at radius 1 is 1.15 bits per heavy atom. The van der Waals surface area contributed by atoms with Gasteiger partial charge in [-0.1, -0.05) is 42.5 Å². The second-order valence-corrected chi connectivity index (χ2v) is 6.17. The Morgan fingerprint density at radius 3 is 2.56 bits per heavy atom. The number of rotatable bonds is 7. The molecule has 0 unspecified atom stereocenters. The number of para-hydroxylation sites is 2. The van der Waals surface area contributed by atoms with Gasteiger partial charge in [0, 0.05) is 0 Å². The Balaban J connectivity index is 1.82. The topological polar surface area (TPSA) is 84.4 Å². The molecule has 2 aromatic carbocycles. The normalized spacial score (nSPS) is 11.9. The van der Waals surface area contributed by atoms with Crippen molar-refractivity contribution >= 4 is 22.9 Å². The predicted octanol–water partition coefficient (Wildman–Crippen LogP) is 0.627. The molecule has 0 saturated carbocycles. The van der Waals surface area contributed by atoms with Crippen LogP contribution in [0.3, 0.4) is 0 Å². The van der Waals surface area contributed by atoms with E-state index in [9.17, 15) is 14.7 Å². The van der Waals surface area contributed by atoms with Crippen molar-refractivity contribution < 1.29 is 24.0 Å². The maximum Gasteiger partial charge on any atom is 0.330 e. The van der Waals surface area contributed by atoms with Crippen LogP contribution in [0.1, 0.15) is 5.56 Å². The van der Waals surface area contributed by atoms with Crippen LogP contribution < -0.4 is 9.88 Å². The fraction of sp³-hybridized carbons (Fsp3) is 0.250. The second-order valence-electron chi connectivity index (χ2n) is 6.17. The molecular weight excluding hydrogens is 346 g/mol. The lowest BCUT2D eigenvalue weighted by Gasteiger charge is -2.12. The quantitative estimate of drug-likeness (QED) is 0.473. The molecule has 0 fully saturated rings. The third-order valence-corrected chi connectivity index (χ3v) is 4.29.